The topological polar surface area (TPSA) is 84.6 Å². The third-order valence-electron chi connectivity index (χ3n) is 3.97. The smallest absolute Gasteiger partial charge is 0.273 e. The zero-order chi connectivity index (χ0) is 20.9. The van der Waals surface area contributed by atoms with Gasteiger partial charge in [0.25, 0.3) is 5.69 Å². The third-order valence-corrected chi connectivity index (χ3v) is 3.97. The van der Waals surface area contributed by atoms with Gasteiger partial charge in [-0.2, -0.15) is 18.3 Å². The minimum atomic E-state index is -4.71. The summed E-state index contributed by atoms with van der Waals surface area (Å²) < 4.78 is 38.1. The molecule has 0 atom stereocenters. The standard InChI is InChI=1S/C19H18F3N3O3/c1-12(2)14-5-3-13(4-6-14)11-23-24-18(26)9-15-7-8-16(19(20,21)22)10-17(15)25(27)28/h3-8,10-12H,9H2,1-2H3,(H,24,26)/b23-11-. The number of nitrogens with one attached hydrogen (secondary N) is 1. The molecule has 0 saturated carbocycles. The molecule has 0 aliphatic heterocycles. The fraction of sp³-hybridized carbons (Fsp3) is 0.263. The molecule has 0 fully saturated rings. The Morgan fingerprint density at radius 2 is 1.86 bits per heavy atom. The second-order valence-corrected chi connectivity index (χ2v) is 6.39. The molecule has 1 amide bonds. The lowest BCUT2D eigenvalue weighted by Crippen LogP contribution is -2.20. The van der Waals surface area contributed by atoms with Crippen molar-refractivity contribution < 1.29 is 22.9 Å². The highest BCUT2D eigenvalue weighted by atomic mass is 19.4. The van der Waals surface area contributed by atoms with E-state index in [4.69, 9.17) is 0 Å². The molecule has 2 aromatic carbocycles. The number of carbonyl (C=O) groups excluding carboxylic acids is 1. The largest absolute Gasteiger partial charge is 0.416 e. The van der Waals surface area contributed by atoms with Crippen molar-refractivity contribution in [2.45, 2.75) is 32.4 Å². The summed E-state index contributed by atoms with van der Waals surface area (Å²) in [6.07, 6.45) is -3.78. The molecule has 0 spiro atoms. The maximum Gasteiger partial charge on any atom is 0.416 e. The van der Waals surface area contributed by atoms with Crippen molar-refractivity contribution in [1.29, 1.82) is 0 Å². The van der Waals surface area contributed by atoms with Crippen molar-refractivity contribution in [3.05, 3.63) is 74.8 Å². The lowest BCUT2D eigenvalue weighted by atomic mass is 10.0. The summed E-state index contributed by atoms with van der Waals surface area (Å²) >= 11 is 0. The van der Waals surface area contributed by atoms with Crippen molar-refractivity contribution in [3.63, 3.8) is 0 Å². The van der Waals surface area contributed by atoms with Crippen LogP contribution in [0.4, 0.5) is 18.9 Å². The molecule has 0 heterocycles. The molecule has 0 saturated heterocycles. The number of alkyl halides is 3. The van der Waals surface area contributed by atoms with Gasteiger partial charge >= 0.3 is 6.18 Å². The van der Waals surface area contributed by atoms with E-state index in [-0.39, 0.29) is 5.56 Å². The van der Waals surface area contributed by atoms with Crippen LogP contribution in [0.15, 0.2) is 47.6 Å². The third kappa shape index (κ3) is 5.63. The van der Waals surface area contributed by atoms with E-state index in [1.807, 2.05) is 24.3 Å². The highest BCUT2D eigenvalue weighted by molar-refractivity contribution is 5.83. The lowest BCUT2D eigenvalue weighted by molar-refractivity contribution is -0.385. The Morgan fingerprint density at radius 1 is 1.21 bits per heavy atom. The van der Waals surface area contributed by atoms with Crippen LogP contribution in [0.2, 0.25) is 0 Å². The second-order valence-electron chi connectivity index (χ2n) is 6.39. The Hall–Kier alpha value is -3.23. The predicted molar refractivity (Wildman–Crippen MR) is 98.1 cm³/mol. The molecule has 0 radical (unpaired) electrons. The van der Waals surface area contributed by atoms with Crippen LogP contribution in [0.5, 0.6) is 0 Å². The van der Waals surface area contributed by atoms with Crippen molar-refractivity contribution in [1.82, 2.24) is 5.43 Å². The van der Waals surface area contributed by atoms with Gasteiger partial charge in [-0.1, -0.05) is 44.2 Å². The molecule has 0 bridgehead atoms. The van der Waals surface area contributed by atoms with E-state index >= 15 is 0 Å². The number of nitrogens with zero attached hydrogens (tertiary/aromatic N) is 2. The number of amides is 1. The second kappa shape index (κ2) is 8.64. The quantitative estimate of drug-likeness (QED) is 0.448. The molecule has 9 heteroatoms. The molecule has 148 valence electrons. The average molecular weight is 393 g/mol. The number of hydrogen-bond acceptors (Lipinski definition) is 4. The van der Waals surface area contributed by atoms with E-state index in [2.05, 4.69) is 24.4 Å². The lowest BCUT2D eigenvalue weighted by Gasteiger charge is -2.08. The van der Waals surface area contributed by atoms with Gasteiger partial charge < -0.3 is 0 Å². The van der Waals surface area contributed by atoms with Crippen LogP contribution in [0.1, 0.15) is 42.0 Å². The number of rotatable bonds is 6. The minimum Gasteiger partial charge on any atom is -0.273 e. The van der Waals surface area contributed by atoms with Crippen LogP contribution in [0.25, 0.3) is 0 Å². The summed E-state index contributed by atoms with van der Waals surface area (Å²) in [7, 11) is 0. The van der Waals surface area contributed by atoms with Crippen LogP contribution in [0.3, 0.4) is 0 Å². The van der Waals surface area contributed by atoms with Crippen molar-refractivity contribution in [2.24, 2.45) is 5.10 Å². The number of nitro groups is 1. The monoisotopic (exact) mass is 393 g/mol. The van der Waals surface area contributed by atoms with Gasteiger partial charge in [0.2, 0.25) is 5.91 Å². The number of hydrogen-bond donors (Lipinski definition) is 1. The number of nitro benzene ring substituents is 1. The molecule has 2 rings (SSSR count). The zero-order valence-electron chi connectivity index (χ0n) is 15.2. The maximum absolute atomic E-state index is 12.7. The molecule has 1 N–H and O–H groups in total. The van der Waals surface area contributed by atoms with E-state index in [0.717, 1.165) is 17.2 Å². The van der Waals surface area contributed by atoms with Gasteiger partial charge in [-0.15, -0.1) is 0 Å². The molecule has 2 aromatic rings. The maximum atomic E-state index is 12.7. The first-order chi connectivity index (χ1) is 13.1. The van der Waals surface area contributed by atoms with Crippen LogP contribution < -0.4 is 5.43 Å². The van der Waals surface area contributed by atoms with Crippen LogP contribution in [-0.4, -0.2) is 17.0 Å². The molecule has 0 unspecified atom stereocenters. The predicted octanol–water partition coefficient (Wildman–Crippen LogP) is 4.43. The summed E-state index contributed by atoms with van der Waals surface area (Å²) in [5.41, 5.74) is 2.06. The molecule has 0 aliphatic carbocycles. The molecule has 28 heavy (non-hydrogen) atoms. The molecular formula is C19H18F3N3O3. The summed E-state index contributed by atoms with van der Waals surface area (Å²) in [5.74, 6) is -0.303. The van der Waals surface area contributed by atoms with E-state index < -0.39 is 34.7 Å². The van der Waals surface area contributed by atoms with Crippen molar-refractivity contribution >= 4 is 17.8 Å². The van der Waals surface area contributed by atoms with Gasteiger partial charge in [0.05, 0.1) is 23.1 Å². The first kappa shape index (κ1) is 21.1. The number of carbonyl (C=O) groups is 1. The first-order valence-corrected chi connectivity index (χ1v) is 8.34. The molecule has 0 aliphatic rings. The van der Waals surface area contributed by atoms with E-state index in [1.165, 1.54) is 6.21 Å². The normalized spacial score (nSPS) is 11.8. The van der Waals surface area contributed by atoms with Gasteiger partial charge in [-0.3, -0.25) is 14.9 Å². The number of halogens is 3. The SMILES string of the molecule is CC(C)c1ccc(/C=N\NC(=O)Cc2ccc(C(F)(F)F)cc2[N+](=O)[O-])cc1. The van der Waals surface area contributed by atoms with E-state index in [1.54, 1.807) is 0 Å². The summed E-state index contributed by atoms with van der Waals surface area (Å²) in [6.45, 7) is 4.12. The Labute approximate surface area is 159 Å². The van der Waals surface area contributed by atoms with Gasteiger partial charge in [0.1, 0.15) is 0 Å². The van der Waals surface area contributed by atoms with Crippen molar-refractivity contribution in [3.8, 4) is 0 Å². The van der Waals surface area contributed by atoms with Crippen LogP contribution in [-0.2, 0) is 17.4 Å². The highest BCUT2D eigenvalue weighted by Gasteiger charge is 2.33. The first-order valence-electron chi connectivity index (χ1n) is 8.34. The average Bonchev–Trinajstić information content (AvgIpc) is 2.61. The number of benzene rings is 2. The Bertz CT molecular complexity index is 892. The summed E-state index contributed by atoms with van der Waals surface area (Å²) in [4.78, 5) is 22.0. The van der Waals surface area contributed by atoms with E-state index in [0.29, 0.717) is 18.1 Å². The Morgan fingerprint density at radius 3 is 2.39 bits per heavy atom. The van der Waals surface area contributed by atoms with Crippen molar-refractivity contribution in [2.75, 3.05) is 0 Å². The Kier molecular flexibility index (Phi) is 6.50. The highest BCUT2D eigenvalue weighted by Crippen LogP contribution is 2.33. The summed E-state index contributed by atoms with van der Waals surface area (Å²) in [5, 5.41) is 14.8. The number of hydrazone groups is 1. The molecular weight excluding hydrogens is 375 g/mol. The van der Waals surface area contributed by atoms with Crippen LogP contribution >= 0.6 is 0 Å². The van der Waals surface area contributed by atoms with Gasteiger partial charge in [-0.05, 0) is 23.1 Å². The minimum absolute atomic E-state index is 0.132. The zero-order valence-corrected chi connectivity index (χ0v) is 15.2. The fourth-order valence-corrected chi connectivity index (χ4v) is 2.42. The fourth-order valence-electron chi connectivity index (χ4n) is 2.42. The molecule has 6 nitrogen and oxygen atoms in total. The van der Waals surface area contributed by atoms with Gasteiger partial charge in [0.15, 0.2) is 0 Å². The van der Waals surface area contributed by atoms with Crippen LogP contribution in [0, 0.1) is 10.1 Å². The summed E-state index contributed by atoms with van der Waals surface area (Å²) in [6, 6.07) is 9.56. The van der Waals surface area contributed by atoms with Gasteiger partial charge in [0, 0.05) is 11.6 Å². The van der Waals surface area contributed by atoms with E-state index in [9.17, 15) is 28.1 Å². The molecule has 0 aromatic heterocycles. The van der Waals surface area contributed by atoms with Gasteiger partial charge in [-0.25, -0.2) is 5.43 Å². The Balaban J connectivity index is 2.05.